The molecule has 27 heavy (non-hydrogen) atoms. The number of likely N-dealkylation sites (N-methyl/N-ethyl adjacent to an activating group) is 1. The first-order valence-corrected chi connectivity index (χ1v) is 8.99. The first-order chi connectivity index (χ1) is 12.7. The average Bonchev–Trinajstić information content (AvgIpc) is 2.61. The van der Waals surface area contributed by atoms with Gasteiger partial charge in [-0.15, -0.1) is 0 Å². The van der Waals surface area contributed by atoms with E-state index in [1.807, 2.05) is 11.9 Å². The molecule has 1 saturated heterocycles. The van der Waals surface area contributed by atoms with Gasteiger partial charge in [-0.1, -0.05) is 13.0 Å². The van der Waals surface area contributed by atoms with Crippen molar-refractivity contribution in [3.05, 3.63) is 23.3 Å². The van der Waals surface area contributed by atoms with Crippen molar-refractivity contribution in [3.63, 3.8) is 0 Å². The summed E-state index contributed by atoms with van der Waals surface area (Å²) >= 11 is 0. The zero-order valence-electron chi connectivity index (χ0n) is 15.9. The van der Waals surface area contributed by atoms with Crippen LogP contribution in [0.15, 0.2) is 23.3 Å². The van der Waals surface area contributed by atoms with Crippen molar-refractivity contribution in [2.45, 2.75) is 38.4 Å². The van der Waals surface area contributed by atoms with Gasteiger partial charge in [0.25, 0.3) is 0 Å². The van der Waals surface area contributed by atoms with Crippen LogP contribution in [0.4, 0.5) is 0 Å². The molecule has 0 saturated carbocycles. The molecule has 2 bridgehead atoms. The van der Waals surface area contributed by atoms with Crippen LogP contribution in [0.25, 0.3) is 0 Å². The summed E-state index contributed by atoms with van der Waals surface area (Å²) in [5.41, 5.74) is -1.54. The average molecular weight is 381 g/mol. The number of fused-ring (bicyclic) bond motifs is 2. The summed E-state index contributed by atoms with van der Waals surface area (Å²) in [6.45, 7) is 3.25. The molecule has 150 valence electrons. The number of hydrogen-bond donors (Lipinski definition) is 2. The fourth-order valence-electron chi connectivity index (χ4n) is 2.96. The number of ketones is 1. The van der Waals surface area contributed by atoms with E-state index in [0.29, 0.717) is 19.5 Å². The molecule has 2 N–H and O–H groups in total. The number of ether oxygens (including phenoxy) is 2. The second kappa shape index (κ2) is 8.77. The van der Waals surface area contributed by atoms with E-state index in [0.717, 1.165) is 0 Å². The predicted molar refractivity (Wildman–Crippen MR) is 95.6 cm³/mol. The summed E-state index contributed by atoms with van der Waals surface area (Å²) in [7, 11) is 1.86. The van der Waals surface area contributed by atoms with E-state index in [4.69, 9.17) is 9.47 Å². The first-order valence-electron chi connectivity index (χ1n) is 8.99. The van der Waals surface area contributed by atoms with Crippen molar-refractivity contribution in [1.82, 2.24) is 4.90 Å². The molecule has 8 heteroatoms. The predicted octanol–water partition coefficient (Wildman–Crippen LogP) is -0.0181. The largest absolute Gasteiger partial charge is 0.459 e. The number of aliphatic hydroxyl groups excluding tert-OH is 1. The van der Waals surface area contributed by atoms with Crippen molar-refractivity contribution in [3.8, 4) is 0 Å². The van der Waals surface area contributed by atoms with Crippen molar-refractivity contribution in [2.75, 3.05) is 33.4 Å². The minimum absolute atomic E-state index is 0.00893. The van der Waals surface area contributed by atoms with E-state index in [-0.39, 0.29) is 24.2 Å². The molecule has 0 unspecified atom stereocenters. The Balaban J connectivity index is 2.44. The number of carbonyl (C=O) groups is 3. The van der Waals surface area contributed by atoms with Gasteiger partial charge in [0, 0.05) is 30.7 Å². The number of aliphatic hydroxyl groups is 2. The lowest BCUT2D eigenvalue weighted by Crippen LogP contribution is -2.45. The highest BCUT2D eigenvalue weighted by atomic mass is 16.6. The number of esters is 2. The third-order valence-corrected chi connectivity index (χ3v) is 5.14. The lowest BCUT2D eigenvalue weighted by Gasteiger charge is -2.31. The van der Waals surface area contributed by atoms with Crippen LogP contribution in [-0.2, 0) is 23.9 Å². The topological polar surface area (TPSA) is 113 Å². The zero-order valence-corrected chi connectivity index (χ0v) is 15.9. The summed E-state index contributed by atoms with van der Waals surface area (Å²) in [5, 5.41) is 19.8. The smallest absolute Gasteiger partial charge is 0.338 e. The fourth-order valence-corrected chi connectivity index (χ4v) is 2.96. The zero-order chi connectivity index (χ0) is 20.2. The monoisotopic (exact) mass is 381 g/mol. The standard InChI is InChI=1S/C19H27NO7/c1-12-10-13(6-9-21)17(23)27-15-5-8-20(3)7-4-14(16(15)22)11-26-18(24)19(12,2)25/h4,6,12,15,21,25H,5,7-11H2,1-3H3/b13-6+,14-4?/t12-,15+,19+/m0/s1. The number of carbonyl (C=O) groups excluding carboxylic acids is 3. The van der Waals surface area contributed by atoms with Gasteiger partial charge in [0.2, 0.25) is 5.78 Å². The highest BCUT2D eigenvalue weighted by Gasteiger charge is 2.41. The normalized spacial score (nSPS) is 33.1. The van der Waals surface area contributed by atoms with Gasteiger partial charge in [-0.05, 0) is 32.4 Å². The maximum atomic E-state index is 12.8. The van der Waals surface area contributed by atoms with Gasteiger partial charge in [-0.25, -0.2) is 9.59 Å². The van der Waals surface area contributed by atoms with Crippen molar-refractivity contribution in [1.29, 1.82) is 0 Å². The van der Waals surface area contributed by atoms with Gasteiger partial charge < -0.3 is 24.6 Å². The SMILES string of the molecule is C[C@H]1C/C(=C\CO)C(=O)O[C@@H]2CCN(C)CC=C(COC(=O)[C@]1(C)O)C2=O. The molecule has 2 aliphatic rings. The minimum atomic E-state index is -1.87. The number of hydrogen-bond acceptors (Lipinski definition) is 8. The molecule has 0 aromatic rings. The first kappa shape index (κ1) is 21.3. The highest BCUT2D eigenvalue weighted by molar-refractivity contribution is 6.01. The Hall–Kier alpha value is -2.03. The lowest BCUT2D eigenvalue weighted by atomic mass is 9.85. The van der Waals surface area contributed by atoms with Gasteiger partial charge in [0.15, 0.2) is 11.7 Å². The summed E-state index contributed by atoms with van der Waals surface area (Å²) in [4.78, 5) is 39.7. The Morgan fingerprint density at radius 1 is 1.37 bits per heavy atom. The van der Waals surface area contributed by atoms with Crippen LogP contribution < -0.4 is 0 Å². The molecule has 2 aliphatic heterocycles. The van der Waals surface area contributed by atoms with Gasteiger partial charge in [-0.3, -0.25) is 4.79 Å². The van der Waals surface area contributed by atoms with Gasteiger partial charge in [-0.2, -0.15) is 0 Å². The van der Waals surface area contributed by atoms with E-state index in [9.17, 15) is 24.6 Å². The van der Waals surface area contributed by atoms with Crippen LogP contribution >= 0.6 is 0 Å². The van der Waals surface area contributed by atoms with Crippen LogP contribution in [0.2, 0.25) is 0 Å². The highest BCUT2D eigenvalue weighted by Crippen LogP contribution is 2.28. The number of Topliss-reactive ketones (excluding diaryl/α,β-unsaturated/α-hetero) is 1. The maximum absolute atomic E-state index is 12.8. The summed E-state index contributed by atoms with van der Waals surface area (Å²) in [6, 6.07) is 0. The molecular weight excluding hydrogens is 354 g/mol. The Morgan fingerprint density at radius 3 is 2.74 bits per heavy atom. The van der Waals surface area contributed by atoms with Crippen molar-refractivity contribution < 1.29 is 34.1 Å². The third kappa shape index (κ3) is 5.03. The van der Waals surface area contributed by atoms with Crippen LogP contribution in [-0.4, -0.2) is 77.9 Å². The van der Waals surface area contributed by atoms with E-state index in [2.05, 4.69) is 0 Å². The molecule has 8 nitrogen and oxygen atoms in total. The van der Waals surface area contributed by atoms with Crippen molar-refractivity contribution >= 4 is 17.7 Å². The summed E-state index contributed by atoms with van der Waals surface area (Å²) in [6.07, 6.45) is 2.21. The molecule has 3 atom stereocenters. The molecular formula is C19H27NO7. The van der Waals surface area contributed by atoms with E-state index >= 15 is 0 Å². The molecule has 2 heterocycles. The molecule has 0 radical (unpaired) electrons. The molecule has 2 rings (SSSR count). The second-order valence-corrected chi connectivity index (χ2v) is 7.28. The number of nitrogens with zero attached hydrogens (tertiary/aromatic N) is 1. The van der Waals surface area contributed by atoms with Crippen LogP contribution in [0.5, 0.6) is 0 Å². The van der Waals surface area contributed by atoms with Crippen LogP contribution in [0.3, 0.4) is 0 Å². The van der Waals surface area contributed by atoms with Gasteiger partial charge >= 0.3 is 11.9 Å². The Morgan fingerprint density at radius 2 is 2.07 bits per heavy atom. The van der Waals surface area contributed by atoms with Gasteiger partial charge in [0.1, 0.15) is 6.61 Å². The molecule has 1 fully saturated rings. The van der Waals surface area contributed by atoms with Gasteiger partial charge in [0.05, 0.1) is 6.61 Å². The summed E-state index contributed by atoms with van der Waals surface area (Å²) < 4.78 is 10.6. The maximum Gasteiger partial charge on any atom is 0.338 e. The van der Waals surface area contributed by atoms with Crippen LogP contribution in [0.1, 0.15) is 26.7 Å². The molecule has 0 aromatic heterocycles. The van der Waals surface area contributed by atoms with E-state index in [1.165, 1.54) is 13.0 Å². The van der Waals surface area contributed by atoms with Crippen molar-refractivity contribution in [2.24, 2.45) is 5.92 Å². The Labute approximate surface area is 158 Å². The number of cyclic esters (lactones) is 1. The third-order valence-electron chi connectivity index (χ3n) is 5.14. The Kier molecular flexibility index (Phi) is 6.91. The van der Waals surface area contributed by atoms with E-state index < -0.39 is 42.0 Å². The second-order valence-electron chi connectivity index (χ2n) is 7.28. The number of rotatable bonds is 1. The fraction of sp³-hybridized carbons (Fsp3) is 0.632. The molecule has 0 amide bonds. The lowest BCUT2D eigenvalue weighted by molar-refractivity contribution is -0.169. The molecule has 0 spiro atoms. The Bertz CT molecular complexity index is 665. The quantitative estimate of drug-likeness (QED) is 0.481. The summed E-state index contributed by atoms with van der Waals surface area (Å²) in [5.74, 6) is -2.69. The van der Waals surface area contributed by atoms with Crippen LogP contribution in [0, 0.1) is 5.92 Å². The molecule has 0 aliphatic carbocycles. The minimum Gasteiger partial charge on any atom is -0.459 e. The van der Waals surface area contributed by atoms with E-state index in [1.54, 1.807) is 13.0 Å². The molecule has 0 aromatic carbocycles.